The number of rotatable bonds is 5. The Labute approximate surface area is 96.8 Å². The molecule has 0 radical (unpaired) electrons. The van der Waals surface area contributed by atoms with Gasteiger partial charge in [0, 0.05) is 18.5 Å². The summed E-state index contributed by atoms with van der Waals surface area (Å²) in [5, 5.41) is 12.0. The second kappa shape index (κ2) is 5.22. The molecule has 88 valence electrons. The van der Waals surface area contributed by atoms with E-state index in [1.165, 1.54) is 6.07 Å². The van der Waals surface area contributed by atoms with Crippen LogP contribution in [0.15, 0.2) is 35.1 Å². The average molecular weight is 234 g/mol. The van der Waals surface area contributed by atoms with Crippen LogP contribution in [-0.4, -0.2) is 21.2 Å². The van der Waals surface area contributed by atoms with Gasteiger partial charge in [0.25, 0.3) is 0 Å². The van der Waals surface area contributed by atoms with E-state index in [9.17, 15) is 4.79 Å². The number of nitrogens with zero attached hydrogens (tertiary/aromatic N) is 2. The molecule has 0 aliphatic rings. The molecule has 0 atom stereocenters. The second-order valence-electron chi connectivity index (χ2n) is 3.33. The van der Waals surface area contributed by atoms with Crippen LogP contribution >= 0.6 is 0 Å². The number of carboxylic acids is 1. The van der Waals surface area contributed by atoms with Crippen molar-refractivity contribution in [2.45, 2.75) is 13.2 Å². The lowest BCUT2D eigenvalue weighted by Crippen LogP contribution is -1.95. The Morgan fingerprint density at radius 2 is 2.12 bits per heavy atom. The first-order valence-corrected chi connectivity index (χ1v) is 4.91. The molecular formula is C11H10N2O4. The van der Waals surface area contributed by atoms with E-state index in [4.69, 9.17) is 14.4 Å². The average Bonchev–Trinajstić information content (AvgIpc) is 2.79. The molecule has 17 heavy (non-hydrogen) atoms. The maximum Gasteiger partial charge on any atom is 0.358 e. The highest BCUT2D eigenvalue weighted by molar-refractivity contribution is 5.85. The number of carboxylic acid groups (broad SMARTS) is 1. The Morgan fingerprint density at radius 3 is 2.76 bits per heavy atom. The molecule has 0 unspecified atom stereocenters. The predicted octanol–water partition coefficient (Wildman–Crippen LogP) is 1.48. The van der Waals surface area contributed by atoms with E-state index in [0.717, 1.165) is 5.56 Å². The number of ether oxygens (including phenoxy) is 1. The van der Waals surface area contributed by atoms with Crippen LogP contribution in [0.5, 0.6) is 0 Å². The summed E-state index contributed by atoms with van der Waals surface area (Å²) in [6, 6.07) is 5.01. The number of hydrogen-bond donors (Lipinski definition) is 1. The van der Waals surface area contributed by atoms with Crippen molar-refractivity contribution in [3.05, 3.63) is 47.6 Å². The van der Waals surface area contributed by atoms with Gasteiger partial charge in [0.05, 0.1) is 6.61 Å². The van der Waals surface area contributed by atoms with Crippen molar-refractivity contribution in [1.82, 2.24) is 10.1 Å². The molecule has 0 aliphatic carbocycles. The molecule has 6 nitrogen and oxygen atoms in total. The molecule has 0 amide bonds. The molecular weight excluding hydrogens is 224 g/mol. The van der Waals surface area contributed by atoms with Gasteiger partial charge in [-0.15, -0.1) is 0 Å². The minimum absolute atomic E-state index is 0.118. The number of carbonyl (C=O) groups is 1. The Kier molecular flexibility index (Phi) is 3.46. The monoisotopic (exact) mass is 234 g/mol. The number of pyridine rings is 1. The van der Waals surface area contributed by atoms with Crippen LogP contribution in [0.1, 0.15) is 21.8 Å². The van der Waals surface area contributed by atoms with Crippen LogP contribution in [0.4, 0.5) is 0 Å². The van der Waals surface area contributed by atoms with Crippen LogP contribution in [0.3, 0.4) is 0 Å². The summed E-state index contributed by atoms with van der Waals surface area (Å²) in [4.78, 5) is 14.4. The van der Waals surface area contributed by atoms with Crippen LogP contribution in [0.2, 0.25) is 0 Å². The SMILES string of the molecule is O=C(O)c1cc(COCc2ccncc2)on1. The molecule has 2 rings (SSSR count). The number of aromatic carboxylic acids is 1. The predicted molar refractivity (Wildman–Crippen MR) is 56.2 cm³/mol. The van der Waals surface area contributed by atoms with E-state index in [2.05, 4.69) is 10.1 Å². The van der Waals surface area contributed by atoms with Crippen LogP contribution in [0, 0.1) is 0 Å². The summed E-state index contributed by atoms with van der Waals surface area (Å²) in [5.74, 6) is -0.731. The van der Waals surface area contributed by atoms with Gasteiger partial charge in [-0.1, -0.05) is 5.16 Å². The summed E-state index contributed by atoms with van der Waals surface area (Å²) in [6.45, 7) is 0.591. The van der Waals surface area contributed by atoms with E-state index in [-0.39, 0.29) is 12.3 Å². The maximum absolute atomic E-state index is 10.5. The lowest BCUT2D eigenvalue weighted by Gasteiger charge is -2.00. The zero-order valence-electron chi connectivity index (χ0n) is 8.87. The molecule has 0 spiro atoms. The van der Waals surface area contributed by atoms with Gasteiger partial charge >= 0.3 is 5.97 Å². The quantitative estimate of drug-likeness (QED) is 0.843. The van der Waals surface area contributed by atoms with Crippen molar-refractivity contribution < 1.29 is 19.2 Å². The highest BCUT2D eigenvalue weighted by Crippen LogP contribution is 2.07. The van der Waals surface area contributed by atoms with Gasteiger partial charge in [0.1, 0.15) is 6.61 Å². The molecule has 2 aromatic heterocycles. The van der Waals surface area contributed by atoms with Crippen LogP contribution in [0.25, 0.3) is 0 Å². The van der Waals surface area contributed by atoms with Crippen LogP contribution in [-0.2, 0) is 18.0 Å². The molecule has 0 aliphatic heterocycles. The Bertz CT molecular complexity index is 495. The third-order valence-corrected chi connectivity index (χ3v) is 2.04. The Hall–Kier alpha value is -2.21. The number of aromatic nitrogens is 2. The topological polar surface area (TPSA) is 85.5 Å². The molecule has 2 heterocycles. The maximum atomic E-state index is 10.5. The van der Waals surface area contributed by atoms with E-state index < -0.39 is 5.97 Å². The Balaban J connectivity index is 1.84. The van der Waals surface area contributed by atoms with E-state index >= 15 is 0 Å². The first kappa shape index (κ1) is 11.3. The molecule has 2 aromatic rings. The summed E-state index contributed by atoms with van der Waals surface area (Å²) >= 11 is 0. The normalized spacial score (nSPS) is 10.4. The fourth-order valence-corrected chi connectivity index (χ4v) is 1.23. The third-order valence-electron chi connectivity index (χ3n) is 2.04. The van der Waals surface area contributed by atoms with Crippen molar-refractivity contribution in [3.63, 3.8) is 0 Å². The minimum atomic E-state index is -1.12. The lowest BCUT2D eigenvalue weighted by atomic mass is 10.3. The molecule has 0 saturated carbocycles. The zero-order valence-corrected chi connectivity index (χ0v) is 8.87. The van der Waals surface area contributed by atoms with Crippen molar-refractivity contribution in [1.29, 1.82) is 0 Å². The molecule has 0 aromatic carbocycles. The van der Waals surface area contributed by atoms with E-state index in [0.29, 0.717) is 12.4 Å². The molecule has 0 bridgehead atoms. The smallest absolute Gasteiger partial charge is 0.358 e. The lowest BCUT2D eigenvalue weighted by molar-refractivity contribution is 0.0683. The molecule has 0 saturated heterocycles. The minimum Gasteiger partial charge on any atom is -0.476 e. The van der Waals surface area contributed by atoms with Crippen molar-refractivity contribution in [2.75, 3.05) is 0 Å². The van der Waals surface area contributed by atoms with Gasteiger partial charge in [0.15, 0.2) is 11.5 Å². The molecule has 0 fully saturated rings. The van der Waals surface area contributed by atoms with Gasteiger partial charge in [-0.2, -0.15) is 0 Å². The second-order valence-corrected chi connectivity index (χ2v) is 3.33. The zero-order chi connectivity index (χ0) is 12.1. The van der Waals surface area contributed by atoms with Crippen molar-refractivity contribution in [3.8, 4) is 0 Å². The van der Waals surface area contributed by atoms with Gasteiger partial charge in [-0.25, -0.2) is 4.79 Å². The first-order chi connectivity index (χ1) is 8.25. The molecule has 6 heteroatoms. The summed E-state index contributed by atoms with van der Waals surface area (Å²) < 4.78 is 10.1. The summed E-state index contributed by atoms with van der Waals surface area (Å²) in [7, 11) is 0. The summed E-state index contributed by atoms with van der Waals surface area (Å²) in [5.41, 5.74) is 0.866. The van der Waals surface area contributed by atoms with Crippen molar-refractivity contribution in [2.24, 2.45) is 0 Å². The summed E-state index contributed by atoms with van der Waals surface area (Å²) in [6.07, 6.45) is 3.35. The molecule has 1 N–H and O–H groups in total. The fraction of sp³-hybridized carbons (Fsp3) is 0.182. The van der Waals surface area contributed by atoms with Gasteiger partial charge < -0.3 is 14.4 Å². The van der Waals surface area contributed by atoms with Gasteiger partial charge in [-0.05, 0) is 17.7 Å². The first-order valence-electron chi connectivity index (χ1n) is 4.91. The highest BCUT2D eigenvalue weighted by Gasteiger charge is 2.10. The number of hydrogen-bond acceptors (Lipinski definition) is 5. The fourth-order valence-electron chi connectivity index (χ4n) is 1.23. The largest absolute Gasteiger partial charge is 0.476 e. The van der Waals surface area contributed by atoms with Gasteiger partial charge in [-0.3, -0.25) is 4.98 Å². The van der Waals surface area contributed by atoms with E-state index in [1.807, 2.05) is 12.1 Å². The van der Waals surface area contributed by atoms with Crippen molar-refractivity contribution >= 4 is 5.97 Å². The Morgan fingerprint density at radius 1 is 1.35 bits per heavy atom. The standard InChI is InChI=1S/C11H10N2O4/c14-11(15)10-5-9(17-13-10)7-16-6-8-1-3-12-4-2-8/h1-5H,6-7H2,(H,14,15). The van der Waals surface area contributed by atoms with Gasteiger partial charge in [0.2, 0.25) is 0 Å². The van der Waals surface area contributed by atoms with Crippen LogP contribution < -0.4 is 0 Å². The van der Waals surface area contributed by atoms with E-state index in [1.54, 1.807) is 12.4 Å². The highest BCUT2D eigenvalue weighted by atomic mass is 16.5. The third kappa shape index (κ3) is 3.12.